The van der Waals surface area contributed by atoms with E-state index < -0.39 is 47.6 Å². The van der Waals surface area contributed by atoms with Gasteiger partial charge in [-0.3, -0.25) is 9.67 Å². The molecule has 0 fully saturated rings. The van der Waals surface area contributed by atoms with Crippen LogP contribution in [0.4, 0.5) is 27.6 Å². The summed E-state index contributed by atoms with van der Waals surface area (Å²) in [7, 11) is 3.95. The molecule has 0 saturated carbocycles. The standard InChI is InChI=1S/C22H19F5N6O3/c1-32-9-11(7-29-32)13-8-28-12-4-5-17(33(21(12)30-13)10-16(34)22(25,26)27)31-20-18(23)14(35-2)6-15(36-3)19(20)24/h4-9,16,34H,10H2,1-3H3. The molecule has 4 rings (SSSR count). The molecule has 1 N–H and O–H groups in total. The SMILES string of the molecule is COc1cc(OC)c(F)c(N=c2ccc3ncc(-c4cnn(C)c4)nc3n2CC(O)C(F)(F)F)c1F. The van der Waals surface area contributed by atoms with E-state index in [0.29, 0.717) is 5.56 Å². The van der Waals surface area contributed by atoms with Crippen molar-refractivity contribution in [3.63, 3.8) is 0 Å². The molecule has 14 heteroatoms. The van der Waals surface area contributed by atoms with Crippen molar-refractivity contribution in [1.82, 2.24) is 24.3 Å². The molecule has 0 spiro atoms. The highest BCUT2D eigenvalue weighted by molar-refractivity contribution is 5.73. The molecular formula is C22H19F5N6O3. The van der Waals surface area contributed by atoms with E-state index >= 15 is 0 Å². The Morgan fingerprint density at radius 3 is 2.31 bits per heavy atom. The summed E-state index contributed by atoms with van der Waals surface area (Å²) in [5, 5.41) is 13.8. The van der Waals surface area contributed by atoms with Crippen LogP contribution in [0, 0.1) is 11.6 Å². The number of alkyl halides is 3. The molecule has 0 radical (unpaired) electrons. The highest BCUT2D eigenvalue weighted by Gasteiger charge is 2.38. The topological polar surface area (TPSA) is 99.6 Å². The first kappa shape index (κ1) is 25.0. The number of aliphatic hydroxyl groups excluding tert-OH is 1. The van der Waals surface area contributed by atoms with Gasteiger partial charge in [-0.15, -0.1) is 0 Å². The second-order valence-corrected chi connectivity index (χ2v) is 7.60. The zero-order valence-electron chi connectivity index (χ0n) is 19.1. The summed E-state index contributed by atoms with van der Waals surface area (Å²) in [6.45, 7) is -1.07. The fourth-order valence-corrected chi connectivity index (χ4v) is 3.39. The van der Waals surface area contributed by atoms with Crippen molar-refractivity contribution in [2.45, 2.75) is 18.8 Å². The lowest BCUT2D eigenvalue weighted by Crippen LogP contribution is -2.37. The molecule has 3 heterocycles. The summed E-state index contributed by atoms with van der Waals surface area (Å²) < 4.78 is 81.8. The smallest absolute Gasteiger partial charge is 0.416 e. The molecule has 0 amide bonds. The minimum absolute atomic E-state index is 0.114. The Balaban J connectivity index is 2.02. The summed E-state index contributed by atoms with van der Waals surface area (Å²) in [6, 6.07) is 3.55. The number of ether oxygens (including phenoxy) is 2. The van der Waals surface area contributed by atoms with Crippen LogP contribution in [0.5, 0.6) is 11.5 Å². The van der Waals surface area contributed by atoms with Crippen molar-refractivity contribution >= 4 is 16.9 Å². The number of aliphatic hydroxyl groups is 1. The van der Waals surface area contributed by atoms with Crippen LogP contribution in [0.3, 0.4) is 0 Å². The highest BCUT2D eigenvalue weighted by atomic mass is 19.4. The molecule has 1 unspecified atom stereocenters. The van der Waals surface area contributed by atoms with Crippen molar-refractivity contribution in [3.8, 4) is 22.8 Å². The van der Waals surface area contributed by atoms with Gasteiger partial charge in [0, 0.05) is 24.9 Å². The van der Waals surface area contributed by atoms with E-state index in [2.05, 4.69) is 20.1 Å². The van der Waals surface area contributed by atoms with Gasteiger partial charge in [0.05, 0.1) is 38.9 Å². The first-order valence-electron chi connectivity index (χ1n) is 10.3. The number of hydrogen-bond donors (Lipinski definition) is 1. The Hall–Kier alpha value is -4.07. The quantitative estimate of drug-likeness (QED) is 0.400. The van der Waals surface area contributed by atoms with Crippen molar-refractivity contribution in [2.75, 3.05) is 14.2 Å². The van der Waals surface area contributed by atoms with Crippen molar-refractivity contribution < 1.29 is 36.5 Å². The Bertz CT molecular complexity index is 1470. The molecule has 0 aliphatic heterocycles. The van der Waals surface area contributed by atoms with Gasteiger partial charge < -0.3 is 19.1 Å². The highest BCUT2D eigenvalue weighted by Crippen LogP contribution is 2.36. The fraction of sp³-hybridized carbons (Fsp3) is 0.273. The predicted molar refractivity (Wildman–Crippen MR) is 116 cm³/mol. The van der Waals surface area contributed by atoms with Crippen LogP contribution in [0.25, 0.3) is 22.4 Å². The molecule has 0 saturated heterocycles. The Morgan fingerprint density at radius 1 is 1.08 bits per heavy atom. The lowest BCUT2D eigenvalue weighted by molar-refractivity contribution is -0.207. The Labute approximate surface area is 200 Å². The number of pyridine rings is 1. The fourth-order valence-electron chi connectivity index (χ4n) is 3.39. The first-order valence-corrected chi connectivity index (χ1v) is 10.3. The van der Waals surface area contributed by atoms with Gasteiger partial charge in [0.15, 0.2) is 34.9 Å². The number of fused-ring (bicyclic) bond motifs is 1. The van der Waals surface area contributed by atoms with E-state index in [1.54, 1.807) is 13.2 Å². The van der Waals surface area contributed by atoms with E-state index in [4.69, 9.17) is 9.47 Å². The average Bonchev–Trinajstić information content (AvgIpc) is 3.28. The van der Waals surface area contributed by atoms with E-state index in [0.717, 1.165) is 24.9 Å². The zero-order valence-corrected chi connectivity index (χ0v) is 19.1. The van der Waals surface area contributed by atoms with Crippen LogP contribution in [0.15, 0.2) is 41.8 Å². The van der Waals surface area contributed by atoms with Crippen LogP contribution in [0.1, 0.15) is 0 Å². The molecule has 1 atom stereocenters. The van der Waals surface area contributed by atoms with Crippen LogP contribution in [0.2, 0.25) is 0 Å². The van der Waals surface area contributed by atoms with Gasteiger partial charge in [0.2, 0.25) is 0 Å². The third-order valence-electron chi connectivity index (χ3n) is 5.21. The van der Waals surface area contributed by atoms with Gasteiger partial charge in [-0.2, -0.15) is 18.3 Å². The molecule has 190 valence electrons. The molecule has 0 aliphatic carbocycles. The molecule has 3 aromatic heterocycles. The number of rotatable bonds is 6. The van der Waals surface area contributed by atoms with E-state index in [-0.39, 0.29) is 22.3 Å². The number of aromatic nitrogens is 5. The molecule has 0 aliphatic rings. The molecule has 36 heavy (non-hydrogen) atoms. The lowest BCUT2D eigenvalue weighted by atomic mass is 10.2. The van der Waals surface area contributed by atoms with Crippen LogP contribution >= 0.6 is 0 Å². The largest absolute Gasteiger partial charge is 0.493 e. The normalized spacial score (nSPS) is 13.3. The molecular weight excluding hydrogens is 491 g/mol. The monoisotopic (exact) mass is 510 g/mol. The average molecular weight is 510 g/mol. The van der Waals surface area contributed by atoms with Crippen LogP contribution < -0.4 is 15.0 Å². The van der Waals surface area contributed by atoms with Crippen molar-refractivity contribution in [1.29, 1.82) is 0 Å². The number of methoxy groups -OCH3 is 2. The maximum atomic E-state index is 14.9. The Kier molecular flexibility index (Phi) is 6.63. The summed E-state index contributed by atoms with van der Waals surface area (Å²) >= 11 is 0. The minimum Gasteiger partial charge on any atom is -0.493 e. The van der Waals surface area contributed by atoms with Gasteiger partial charge >= 0.3 is 6.18 Å². The maximum absolute atomic E-state index is 14.9. The van der Waals surface area contributed by atoms with E-state index in [1.807, 2.05) is 0 Å². The van der Waals surface area contributed by atoms with E-state index in [1.165, 1.54) is 29.2 Å². The number of halogens is 5. The van der Waals surface area contributed by atoms with Gasteiger partial charge in [-0.1, -0.05) is 0 Å². The predicted octanol–water partition coefficient (Wildman–Crippen LogP) is 3.28. The van der Waals surface area contributed by atoms with Crippen LogP contribution in [-0.4, -0.2) is 55.9 Å². The van der Waals surface area contributed by atoms with Gasteiger partial charge in [-0.05, 0) is 12.1 Å². The second kappa shape index (κ2) is 9.53. The zero-order chi connectivity index (χ0) is 26.2. The first-order chi connectivity index (χ1) is 17.0. The molecule has 9 nitrogen and oxygen atoms in total. The molecule has 4 aromatic rings. The van der Waals surface area contributed by atoms with Gasteiger partial charge in [-0.25, -0.2) is 18.8 Å². The van der Waals surface area contributed by atoms with Crippen molar-refractivity contribution in [2.24, 2.45) is 12.0 Å². The summed E-state index contributed by atoms with van der Waals surface area (Å²) in [5.41, 5.74) is -0.374. The Morgan fingerprint density at radius 2 is 1.75 bits per heavy atom. The molecule has 0 bridgehead atoms. The number of nitrogens with zero attached hydrogens (tertiary/aromatic N) is 6. The maximum Gasteiger partial charge on any atom is 0.416 e. The lowest BCUT2D eigenvalue weighted by Gasteiger charge is -2.18. The van der Waals surface area contributed by atoms with Gasteiger partial charge in [0.1, 0.15) is 16.7 Å². The number of benzene rings is 1. The van der Waals surface area contributed by atoms with Crippen LogP contribution in [-0.2, 0) is 13.6 Å². The third-order valence-corrected chi connectivity index (χ3v) is 5.21. The van der Waals surface area contributed by atoms with Gasteiger partial charge in [0.25, 0.3) is 0 Å². The summed E-state index contributed by atoms with van der Waals surface area (Å²) in [4.78, 5) is 12.5. The molecule has 1 aromatic carbocycles. The number of aryl methyl sites for hydroxylation is 1. The second-order valence-electron chi connectivity index (χ2n) is 7.60. The summed E-state index contributed by atoms with van der Waals surface area (Å²) in [6.07, 6.45) is -3.33. The van der Waals surface area contributed by atoms with Crippen molar-refractivity contribution in [3.05, 3.63) is 53.9 Å². The van der Waals surface area contributed by atoms with E-state index in [9.17, 15) is 27.1 Å². The summed E-state index contributed by atoms with van der Waals surface area (Å²) in [5.74, 6) is -3.19. The minimum atomic E-state index is -4.99. The number of hydrogen-bond acceptors (Lipinski definition) is 7. The third kappa shape index (κ3) is 4.71.